The molecule has 0 fully saturated rings. The van der Waals surface area contributed by atoms with Gasteiger partial charge < -0.3 is 14.5 Å². The van der Waals surface area contributed by atoms with Crippen molar-refractivity contribution in [2.45, 2.75) is 20.0 Å². The Labute approximate surface area is 148 Å². The average molecular weight is 360 g/mol. The Kier molecular flexibility index (Phi) is 5.45. The molecular weight excluding hydrogens is 343 g/mol. The Morgan fingerprint density at radius 2 is 2.12 bits per heavy atom. The summed E-state index contributed by atoms with van der Waals surface area (Å²) in [4.78, 5) is 17.4. The molecule has 0 aliphatic rings. The predicted octanol–water partition coefficient (Wildman–Crippen LogP) is 3.74. The van der Waals surface area contributed by atoms with Crippen LogP contribution >= 0.6 is 11.3 Å². The molecule has 5 nitrogen and oxygen atoms in total. The van der Waals surface area contributed by atoms with Crippen LogP contribution in [0.2, 0.25) is 0 Å². The number of hydrogen-bond acceptors (Lipinski definition) is 5. The summed E-state index contributed by atoms with van der Waals surface area (Å²) < 4.78 is 23.5. The van der Waals surface area contributed by atoms with Crippen LogP contribution < -0.4 is 10.1 Å². The highest BCUT2D eigenvalue weighted by atomic mass is 32.1. The Hall–Kier alpha value is -2.67. The molecule has 0 bridgehead atoms. The van der Waals surface area contributed by atoms with Gasteiger partial charge in [-0.3, -0.25) is 4.79 Å². The first-order valence-corrected chi connectivity index (χ1v) is 8.64. The fourth-order valence-corrected chi connectivity index (χ4v) is 3.11. The molecule has 0 saturated heterocycles. The summed E-state index contributed by atoms with van der Waals surface area (Å²) in [5.41, 5.74) is 1.45. The van der Waals surface area contributed by atoms with Crippen molar-refractivity contribution in [1.82, 2.24) is 10.3 Å². The zero-order chi connectivity index (χ0) is 17.6. The first kappa shape index (κ1) is 17.2. The first-order valence-electron chi connectivity index (χ1n) is 7.76. The summed E-state index contributed by atoms with van der Waals surface area (Å²) in [7, 11) is 0. The van der Waals surface area contributed by atoms with Gasteiger partial charge in [-0.25, -0.2) is 9.37 Å². The second-order valence-corrected chi connectivity index (χ2v) is 6.40. The van der Waals surface area contributed by atoms with Gasteiger partial charge in [-0.1, -0.05) is 0 Å². The fourth-order valence-electron chi connectivity index (χ4n) is 2.20. The van der Waals surface area contributed by atoms with Gasteiger partial charge in [-0.15, -0.1) is 11.3 Å². The maximum absolute atomic E-state index is 12.8. The number of amides is 1. The maximum Gasteiger partial charge on any atom is 0.273 e. The molecule has 25 heavy (non-hydrogen) atoms. The normalized spacial score (nSPS) is 10.6. The van der Waals surface area contributed by atoms with Crippen LogP contribution in [0, 0.1) is 12.7 Å². The molecule has 0 aliphatic carbocycles. The van der Waals surface area contributed by atoms with Crippen LogP contribution in [0.3, 0.4) is 0 Å². The monoisotopic (exact) mass is 360 g/mol. The molecule has 130 valence electrons. The van der Waals surface area contributed by atoms with E-state index in [-0.39, 0.29) is 29.9 Å². The van der Waals surface area contributed by atoms with Crippen LogP contribution in [0.1, 0.15) is 26.8 Å². The van der Waals surface area contributed by atoms with Gasteiger partial charge in [0.1, 0.15) is 17.8 Å². The van der Waals surface area contributed by atoms with Crippen LogP contribution in [0.25, 0.3) is 0 Å². The molecule has 1 aromatic carbocycles. The summed E-state index contributed by atoms with van der Waals surface area (Å²) >= 11 is 1.68. The number of thiophene rings is 1. The highest BCUT2D eigenvalue weighted by Crippen LogP contribution is 2.16. The quantitative estimate of drug-likeness (QED) is 0.697. The topological polar surface area (TPSA) is 64.4 Å². The Balaban J connectivity index is 1.47. The van der Waals surface area contributed by atoms with Gasteiger partial charge >= 0.3 is 0 Å². The van der Waals surface area contributed by atoms with Gasteiger partial charge in [0.25, 0.3) is 5.91 Å². The minimum atomic E-state index is -0.333. The lowest BCUT2D eigenvalue weighted by molar-refractivity contribution is 0.0949. The molecule has 1 N–H and O–H groups in total. The van der Waals surface area contributed by atoms with E-state index in [1.807, 2.05) is 5.38 Å². The highest BCUT2D eigenvalue weighted by molar-refractivity contribution is 7.10. The van der Waals surface area contributed by atoms with E-state index in [4.69, 9.17) is 9.15 Å². The number of nitrogens with zero attached hydrogens (tertiary/aromatic N) is 1. The molecule has 0 spiro atoms. The van der Waals surface area contributed by atoms with Gasteiger partial charge in [-0.2, -0.15) is 0 Å². The van der Waals surface area contributed by atoms with E-state index < -0.39 is 0 Å². The molecule has 2 heterocycles. The molecule has 0 saturated carbocycles. The molecule has 3 rings (SSSR count). The largest absolute Gasteiger partial charge is 0.484 e. The number of ether oxygens (including phenoxy) is 1. The number of carbonyl (C=O) groups excluding carboxylic acids is 1. The van der Waals surface area contributed by atoms with Crippen molar-refractivity contribution in [2.75, 3.05) is 6.54 Å². The molecule has 0 atom stereocenters. The number of nitrogens with one attached hydrogen (secondary N) is 1. The third kappa shape index (κ3) is 4.67. The summed E-state index contributed by atoms with van der Waals surface area (Å²) in [5.74, 6) is 0.159. The molecular formula is C18H17FN2O3S. The number of hydrogen-bond donors (Lipinski definition) is 1. The lowest BCUT2D eigenvalue weighted by Crippen LogP contribution is -2.26. The van der Waals surface area contributed by atoms with E-state index in [2.05, 4.69) is 23.3 Å². The van der Waals surface area contributed by atoms with Gasteiger partial charge in [0.2, 0.25) is 5.89 Å². The van der Waals surface area contributed by atoms with Crippen molar-refractivity contribution in [2.24, 2.45) is 0 Å². The van der Waals surface area contributed by atoms with Crippen molar-refractivity contribution in [3.63, 3.8) is 0 Å². The van der Waals surface area contributed by atoms with Crippen molar-refractivity contribution >= 4 is 17.2 Å². The van der Waals surface area contributed by atoms with Crippen molar-refractivity contribution in [3.8, 4) is 5.75 Å². The van der Waals surface area contributed by atoms with Crippen molar-refractivity contribution < 1.29 is 18.3 Å². The summed E-state index contributed by atoms with van der Waals surface area (Å²) in [6.45, 7) is 2.65. The number of halogens is 1. The number of aromatic nitrogens is 1. The average Bonchev–Trinajstić information content (AvgIpc) is 3.24. The van der Waals surface area contributed by atoms with E-state index in [9.17, 15) is 9.18 Å². The minimum absolute atomic E-state index is 0.0628. The van der Waals surface area contributed by atoms with Gasteiger partial charge in [0.15, 0.2) is 12.3 Å². The van der Waals surface area contributed by atoms with Crippen molar-refractivity contribution in [1.29, 1.82) is 0 Å². The van der Waals surface area contributed by atoms with E-state index >= 15 is 0 Å². The SMILES string of the molecule is Cc1ccsc1CCNC(=O)c1coc(COc2ccc(F)cc2)n1. The molecule has 3 aromatic rings. The zero-order valence-electron chi connectivity index (χ0n) is 13.6. The number of rotatable bonds is 7. The first-order chi connectivity index (χ1) is 12.1. The third-order valence-corrected chi connectivity index (χ3v) is 4.65. The molecule has 0 aliphatic heterocycles. The van der Waals surface area contributed by atoms with Crippen LogP contribution in [-0.2, 0) is 13.0 Å². The summed E-state index contributed by atoms with van der Waals surface area (Å²) in [6.07, 6.45) is 2.09. The van der Waals surface area contributed by atoms with Crippen LogP contribution in [0.4, 0.5) is 4.39 Å². The minimum Gasteiger partial charge on any atom is -0.484 e. The predicted molar refractivity (Wildman–Crippen MR) is 92.3 cm³/mol. The van der Waals surface area contributed by atoms with Gasteiger partial charge in [0, 0.05) is 11.4 Å². The fraction of sp³-hybridized carbons (Fsp3) is 0.222. The standard InChI is InChI=1S/C18H17FN2O3S/c1-12-7-9-25-16(12)6-8-20-18(22)15-10-24-17(21-15)11-23-14-4-2-13(19)3-5-14/h2-5,7,9-10H,6,8,11H2,1H3,(H,20,22). The number of carbonyl (C=O) groups is 1. The van der Waals surface area contributed by atoms with Crippen LogP contribution in [0.5, 0.6) is 5.75 Å². The van der Waals surface area contributed by atoms with E-state index in [0.29, 0.717) is 12.3 Å². The number of aryl methyl sites for hydroxylation is 1. The molecule has 1 amide bonds. The Morgan fingerprint density at radius 1 is 1.32 bits per heavy atom. The third-order valence-electron chi connectivity index (χ3n) is 3.57. The second-order valence-electron chi connectivity index (χ2n) is 5.40. The Bertz CT molecular complexity index is 842. The lowest BCUT2D eigenvalue weighted by Gasteiger charge is -2.03. The van der Waals surface area contributed by atoms with E-state index in [1.165, 1.54) is 41.0 Å². The highest BCUT2D eigenvalue weighted by Gasteiger charge is 2.12. The number of benzene rings is 1. The summed E-state index contributed by atoms with van der Waals surface area (Å²) in [6, 6.07) is 7.70. The van der Waals surface area contributed by atoms with Crippen LogP contribution in [0.15, 0.2) is 46.4 Å². The molecule has 7 heteroatoms. The number of oxazole rings is 1. The molecule has 0 radical (unpaired) electrons. The van der Waals surface area contributed by atoms with Crippen LogP contribution in [-0.4, -0.2) is 17.4 Å². The zero-order valence-corrected chi connectivity index (χ0v) is 14.4. The molecule has 2 aromatic heterocycles. The lowest BCUT2D eigenvalue weighted by atomic mass is 10.2. The smallest absolute Gasteiger partial charge is 0.273 e. The van der Waals surface area contributed by atoms with E-state index in [0.717, 1.165) is 6.42 Å². The summed E-state index contributed by atoms with van der Waals surface area (Å²) in [5, 5.41) is 4.86. The maximum atomic E-state index is 12.8. The second kappa shape index (κ2) is 7.94. The Morgan fingerprint density at radius 3 is 2.84 bits per heavy atom. The van der Waals surface area contributed by atoms with Gasteiger partial charge in [-0.05, 0) is 54.6 Å². The molecule has 0 unspecified atom stereocenters. The van der Waals surface area contributed by atoms with Crippen molar-refractivity contribution in [3.05, 3.63) is 69.8 Å². The van der Waals surface area contributed by atoms with E-state index in [1.54, 1.807) is 11.3 Å². The van der Waals surface area contributed by atoms with Gasteiger partial charge in [0.05, 0.1) is 0 Å².